The molecule has 71 heavy (non-hydrogen) atoms. The number of ether oxygens (including phenoxy) is 6. The molecule has 0 aliphatic heterocycles. The first-order valence-corrected chi connectivity index (χ1v) is 27.9. The van der Waals surface area contributed by atoms with Gasteiger partial charge in [0.2, 0.25) is 11.6 Å². The lowest BCUT2D eigenvalue weighted by molar-refractivity contribution is 0.0406. The monoisotopic (exact) mass is 1130 g/mol. The number of sulfonamides is 3. The molecule has 0 unspecified atom stereocenters. The van der Waals surface area contributed by atoms with Crippen LogP contribution in [0.1, 0.15) is 111 Å². The first-order valence-electron chi connectivity index (χ1n) is 21.2. The number of aromatic hydroxyl groups is 1. The normalized spacial score (nSPS) is 12.5. The van der Waals surface area contributed by atoms with Crippen LogP contribution in [0, 0.1) is 0 Å². The fourth-order valence-electron chi connectivity index (χ4n) is 5.03. The summed E-state index contributed by atoms with van der Waals surface area (Å²) in [5.74, 6) is -1.88. The molecule has 5 N–H and O–H groups in total. The molecule has 0 aliphatic carbocycles. The van der Waals surface area contributed by atoms with Gasteiger partial charge in [0.1, 0.15) is 22.4 Å². The summed E-state index contributed by atoms with van der Waals surface area (Å²) in [6, 6.07) is 0. The molecule has 0 saturated carbocycles. The van der Waals surface area contributed by atoms with E-state index in [1.165, 1.54) is 15.7 Å². The van der Waals surface area contributed by atoms with Gasteiger partial charge < -0.3 is 39.3 Å². The van der Waals surface area contributed by atoms with Gasteiger partial charge >= 0.3 is 24.4 Å². The van der Waals surface area contributed by atoms with Crippen LogP contribution in [0.3, 0.4) is 0 Å². The number of nitrogen functional groups attached to an aromatic ring is 1. The Labute approximate surface area is 428 Å². The fourth-order valence-corrected chi connectivity index (χ4v) is 11.8. The predicted octanol–water partition coefficient (Wildman–Crippen LogP) is 6.80. The maximum absolute atomic E-state index is 13.0. The second kappa shape index (κ2) is 24.8. The number of carbonyl (C=O) groups is 4. The molecule has 0 aliphatic rings. The van der Waals surface area contributed by atoms with Crippen LogP contribution in [0.4, 0.5) is 36.6 Å². The van der Waals surface area contributed by atoms with Gasteiger partial charge in [0.05, 0.1) is 14.2 Å². The lowest BCUT2D eigenvalue weighted by Gasteiger charge is -2.27. The smallest absolute Gasteiger partial charge is 0.425 e. The number of hydrogen-bond acceptors (Lipinski definition) is 24. The Morgan fingerprint density at radius 2 is 0.789 bits per heavy atom. The third-order valence-electron chi connectivity index (χ3n) is 7.82. The molecular formula is C39H67N9O17S6. The van der Waals surface area contributed by atoms with Gasteiger partial charge in [-0.05, 0) is 118 Å². The maximum Gasteiger partial charge on any atom is 0.425 e. The maximum atomic E-state index is 13.0. The van der Waals surface area contributed by atoms with E-state index >= 15 is 0 Å². The van der Waals surface area contributed by atoms with Gasteiger partial charge in [-0.3, -0.25) is 0 Å². The van der Waals surface area contributed by atoms with Crippen LogP contribution < -0.4 is 30.1 Å². The number of primary sulfonamides is 1. The first-order chi connectivity index (χ1) is 32.1. The van der Waals surface area contributed by atoms with Crippen molar-refractivity contribution in [1.29, 1.82) is 0 Å². The van der Waals surface area contributed by atoms with Gasteiger partial charge in [-0.2, -0.15) is 31.5 Å². The third kappa shape index (κ3) is 18.1. The molecule has 26 nitrogen and oxygen atoms in total. The minimum absolute atomic E-state index is 0.147. The largest absolute Gasteiger partial charge is 0.503 e. The highest BCUT2D eigenvalue weighted by Gasteiger charge is 2.41. The van der Waals surface area contributed by atoms with Crippen molar-refractivity contribution in [3.05, 3.63) is 0 Å². The van der Waals surface area contributed by atoms with Crippen LogP contribution in [-0.4, -0.2) is 139 Å². The summed E-state index contributed by atoms with van der Waals surface area (Å²) in [5, 5.41) is 14.5. The molecule has 0 radical (unpaired) electrons. The third-order valence-corrected chi connectivity index (χ3v) is 16.7. The second-order valence-electron chi connectivity index (χ2n) is 18.2. The van der Waals surface area contributed by atoms with Crippen LogP contribution in [0.25, 0.3) is 0 Å². The number of rotatable bonds is 13. The molecule has 3 rings (SSSR count). The number of carbonyl (C=O) groups excluding carboxylic acids is 4. The number of anilines is 3. The highest BCUT2D eigenvalue weighted by atomic mass is 32.3. The van der Waals surface area contributed by atoms with E-state index < -0.39 is 86.8 Å². The number of hydrogen-bond donors (Lipinski definition) is 3. The van der Waals surface area contributed by atoms with Gasteiger partial charge in [-0.25, -0.2) is 49.6 Å². The Hall–Kier alpha value is -4.70. The average molecular weight is 1130 g/mol. The van der Waals surface area contributed by atoms with E-state index in [0.29, 0.717) is 57.5 Å². The van der Waals surface area contributed by atoms with E-state index in [4.69, 9.17) is 39.3 Å². The van der Waals surface area contributed by atoms with Crippen molar-refractivity contribution >= 4 is 106 Å². The molecule has 4 amide bonds. The van der Waals surface area contributed by atoms with Crippen molar-refractivity contribution < 1.29 is 78.0 Å². The lowest BCUT2D eigenvalue weighted by Crippen LogP contribution is -2.44. The Bertz CT molecular complexity index is 2600. The zero-order chi connectivity index (χ0) is 55.6. The molecule has 0 spiro atoms. The number of nitrogens with two attached hydrogens (primary N) is 2. The van der Waals surface area contributed by atoms with Crippen LogP contribution in [0.5, 0.6) is 17.2 Å². The molecule has 0 aromatic carbocycles. The van der Waals surface area contributed by atoms with Crippen LogP contribution in [0.15, 0.2) is 12.6 Å². The zero-order valence-electron chi connectivity index (χ0n) is 43.0. The van der Waals surface area contributed by atoms with Crippen molar-refractivity contribution in [2.24, 2.45) is 5.14 Å². The van der Waals surface area contributed by atoms with Crippen molar-refractivity contribution in [2.75, 3.05) is 55.9 Å². The van der Waals surface area contributed by atoms with Crippen molar-refractivity contribution in [3.63, 3.8) is 0 Å². The molecule has 0 bridgehead atoms. The van der Waals surface area contributed by atoms with Crippen molar-refractivity contribution in [1.82, 2.24) is 21.7 Å². The zero-order valence-corrected chi connectivity index (χ0v) is 47.9. The van der Waals surface area contributed by atoms with E-state index in [-0.39, 0.29) is 50.5 Å². The van der Waals surface area contributed by atoms with Gasteiger partial charge in [0, 0.05) is 26.2 Å². The standard InChI is InChI=1S/C18H31N3O7S2.C14H23N3O7S2.C7H13N3O3S2/c1-10-20(11-2)30(24,25)14-12(26-9)13(19-29-14)21(15(22)27-17(3,4)5)16(23)28-18(6,7)8;1-13(2,3)23-11(18)17(12(19)24-14(4,5)6)9-8(22-7)10(25-16-9)26(15,20)21;1-3-10(4-2)15(12,13)7-5(11)6(8)9-14-7/h10-11H2,1-9H3;1-7H3,(H2,15,20,21);11H,3-4H2,1-2H3,(H2,8,9). The molecule has 3 aromatic rings. The summed E-state index contributed by atoms with van der Waals surface area (Å²) in [7, 11) is -9.39. The number of aromatic nitrogens is 3. The fraction of sp³-hybridized carbons (Fsp3) is 0.667. The quantitative estimate of drug-likeness (QED) is 0.148. The topological polar surface area (TPSA) is 350 Å². The van der Waals surface area contributed by atoms with Crippen LogP contribution >= 0.6 is 34.6 Å². The molecule has 3 aromatic heterocycles. The highest BCUT2D eigenvalue weighted by molar-refractivity contribution is 7.92. The van der Waals surface area contributed by atoms with Gasteiger partial charge in [0.15, 0.2) is 35.7 Å². The lowest BCUT2D eigenvalue weighted by atomic mass is 10.2. The van der Waals surface area contributed by atoms with E-state index in [2.05, 4.69) is 13.1 Å². The summed E-state index contributed by atoms with van der Waals surface area (Å²) >= 11 is 1.75. The summed E-state index contributed by atoms with van der Waals surface area (Å²) in [6.45, 7) is 27.4. The van der Waals surface area contributed by atoms with Crippen molar-refractivity contribution in [3.8, 4) is 17.2 Å². The SMILES string of the molecule is CCN(CC)S(=O)(=O)c1snc(N(C(=O)OC(C)(C)C)C(=O)OC(C)(C)C)c1OC.CCN(CC)S(=O)(=O)c1snc(N)c1O.COc1c(N(C(=O)OC(C)(C)C)C(=O)OC(C)(C)C)nsc1S(N)(=O)=O. The number of imide groups is 2. The van der Waals surface area contributed by atoms with E-state index in [9.17, 15) is 49.5 Å². The Morgan fingerprint density at radius 3 is 1.03 bits per heavy atom. The van der Waals surface area contributed by atoms with Gasteiger partial charge in [-0.15, -0.1) is 0 Å². The number of methoxy groups -OCH3 is 2. The minimum atomic E-state index is -4.18. The van der Waals surface area contributed by atoms with Gasteiger partial charge in [-0.1, -0.05) is 27.7 Å². The summed E-state index contributed by atoms with van der Waals surface area (Å²) in [6.07, 6.45) is -4.33. The van der Waals surface area contributed by atoms with E-state index in [0.717, 1.165) is 7.11 Å². The Kier molecular flexibility index (Phi) is 22.5. The molecule has 3 heterocycles. The predicted molar refractivity (Wildman–Crippen MR) is 267 cm³/mol. The van der Waals surface area contributed by atoms with Crippen molar-refractivity contribution in [2.45, 2.75) is 146 Å². The number of nitrogens with zero attached hydrogens (tertiary/aromatic N) is 7. The summed E-state index contributed by atoms with van der Waals surface area (Å²) < 4.78 is 117. The Balaban J connectivity index is 0.000000560. The van der Waals surface area contributed by atoms with Crippen LogP contribution in [0.2, 0.25) is 0 Å². The molecule has 32 heteroatoms. The second-order valence-corrected chi connectivity index (χ2v) is 26.5. The molecule has 0 fully saturated rings. The minimum Gasteiger partial charge on any atom is -0.503 e. The Morgan fingerprint density at radius 1 is 0.521 bits per heavy atom. The molecule has 406 valence electrons. The molecule has 0 atom stereocenters. The molecule has 0 saturated heterocycles. The summed E-state index contributed by atoms with van der Waals surface area (Å²) in [5.41, 5.74) is 1.59. The summed E-state index contributed by atoms with van der Waals surface area (Å²) in [4.78, 5) is 51.7. The first kappa shape index (κ1) is 64.3. The van der Waals surface area contributed by atoms with E-state index in [1.807, 2.05) is 0 Å². The average Bonchev–Trinajstić information content (AvgIpc) is 3.90. The number of amides is 4. The van der Waals surface area contributed by atoms with E-state index in [1.54, 1.807) is 111 Å². The highest BCUT2D eigenvalue weighted by Crippen LogP contribution is 2.41. The molecular weight excluding hydrogens is 1060 g/mol. The van der Waals surface area contributed by atoms with Gasteiger partial charge in [0.25, 0.3) is 30.1 Å². The van der Waals surface area contributed by atoms with Crippen LogP contribution in [-0.2, 0) is 49.0 Å².